The molecule has 5 aromatic rings. The summed E-state index contributed by atoms with van der Waals surface area (Å²) in [6.07, 6.45) is -2.91. The lowest BCUT2D eigenvalue weighted by Crippen LogP contribution is -2.33. The molecule has 0 bridgehead atoms. The second kappa shape index (κ2) is 11.8. The number of alkyl halides is 3. The van der Waals surface area contributed by atoms with Crippen molar-refractivity contribution in [1.82, 2.24) is 10.3 Å². The molecule has 2 unspecified atom stereocenters. The van der Waals surface area contributed by atoms with Crippen LogP contribution in [0.3, 0.4) is 0 Å². The van der Waals surface area contributed by atoms with E-state index in [1.807, 2.05) is 13.0 Å². The molecule has 8 nitrogen and oxygen atoms in total. The number of amides is 1. The summed E-state index contributed by atoms with van der Waals surface area (Å²) in [5.41, 5.74) is 1.86. The number of hydrogen-bond donors (Lipinski definition) is 1. The van der Waals surface area contributed by atoms with Gasteiger partial charge in [-0.2, -0.15) is 18.4 Å². The van der Waals surface area contributed by atoms with Crippen molar-refractivity contribution in [3.8, 4) is 28.7 Å². The van der Waals surface area contributed by atoms with Gasteiger partial charge < -0.3 is 13.9 Å². The lowest BCUT2D eigenvalue weighted by molar-refractivity contribution is -0.137. The Morgan fingerprint density at radius 3 is 2.50 bits per heavy atom. The molecule has 0 radical (unpaired) electrons. The molecule has 3 aromatic carbocycles. The molecule has 1 amide bonds. The Bertz CT molecular complexity index is 2170. The summed E-state index contributed by atoms with van der Waals surface area (Å²) in [5, 5.41) is 13.4. The maximum Gasteiger partial charge on any atom is 0.416 e. The number of pyridine rings is 1. The molecule has 1 aliphatic heterocycles. The number of carbonyl (C=O) groups excluding carboxylic acids is 1. The van der Waals surface area contributed by atoms with Crippen LogP contribution < -0.4 is 25.9 Å². The van der Waals surface area contributed by atoms with Crippen LogP contribution in [0, 0.1) is 18.3 Å². The molecule has 0 aliphatic carbocycles. The van der Waals surface area contributed by atoms with E-state index in [1.165, 1.54) is 7.11 Å². The molecule has 0 fully saturated rings. The number of methoxy groups -OCH3 is 1. The first-order chi connectivity index (χ1) is 22.0. The summed E-state index contributed by atoms with van der Waals surface area (Å²) in [5.74, 6) is -1.58. The Morgan fingerprint density at radius 2 is 1.83 bits per heavy atom. The van der Waals surface area contributed by atoms with Gasteiger partial charge in [0.05, 0.1) is 35.0 Å². The smallest absolute Gasteiger partial charge is 0.416 e. The zero-order valence-electron chi connectivity index (χ0n) is 24.2. The van der Waals surface area contributed by atoms with Crippen LogP contribution in [0.2, 0.25) is 0 Å². The SMILES string of the molecule is COc1ccc(C2C(C#N)=C(NC(=O)c3ccc(C(F)(F)F)cc3)Oc3c2c(=O)oc2ccccc32)cc1-c1cnc(P)c(C)c1. The molecule has 1 N–H and O–H groups in total. The highest BCUT2D eigenvalue weighted by atomic mass is 31.0. The minimum absolute atomic E-state index is 0.0357. The number of nitriles is 1. The molecular weight excluding hydrogens is 618 g/mol. The number of rotatable bonds is 5. The summed E-state index contributed by atoms with van der Waals surface area (Å²) in [4.78, 5) is 31.3. The number of allylic oxidation sites excluding steroid dienone is 1. The van der Waals surface area contributed by atoms with Gasteiger partial charge in [0.1, 0.15) is 23.0 Å². The number of benzene rings is 3. The van der Waals surface area contributed by atoms with Crippen LogP contribution in [-0.4, -0.2) is 18.0 Å². The molecule has 3 heterocycles. The second-order valence-electron chi connectivity index (χ2n) is 10.4. The Morgan fingerprint density at radius 1 is 1.09 bits per heavy atom. The average Bonchev–Trinajstić information content (AvgIpc) is 3.04. The van der Waals surface area contributed by atoms with Gasteiger partial charge in [-0.05, 0) is 72.6 Å². The molecule has 12 heteroatoms. The fourth-order valence-corrected chi connectivity index (χ4v) is 5.48. The van der Waals surface area contributed by atoms with Crippen LogP contribution in [0.4, 0.5) is 13.2 Å². The quantitative estimate of drug-likeness (QED) is 0.175. The molecule has 0 saturated carbocycles. The minimum Gasteiger partial charge on any atom is -0.496 e. The van der Waals surface area contributed by atoms with Gasteiger partial charge >= 0.3 is 11.8 Å². The molecule has 2 atom stereocenters. The van der Waals surface area contributed by atoms with Gasteiger partial charge in [-0.15, -0.1) is 0 Å². The summed E-state index contributed by atoms with van der Waals surface area (Å²) < 4.78 is 56.7. The van der Waals surface area contributed by atoms with Crippen LogP contribution in [0.1, 0.15) is 38.5 Å². The molecule has 1 aliphatic rings. The van der Waals surface area contributed by atoms with Crippen molar-refractivity contribution in [2.24, 2.45) is 0 Å². The van der Waals surface area contributed by atoms with Gasteiger partial charge in [-0.1, -0.05) is 27.4 Å². The van der Waals surface area contributed by atoms with Crippen molar-refractivity contribution in [3.05, 3.63) is 129 Å². The largest absolute Gasteiger partial charge is 0.496 e. The maximum absolute atomic E-state index is 13.6. The normalized spacial score (nSPS) is 14.3. The first-order valence-corrected chi connectivity index (χ1v) is 14.3. The molecule has 0 spiro atoms. The van der Waals surface area contributed by atoms with Gasteiger partial charge in [0, 0.05) is 22.9 Å². The zero-order chi connectivity index (χ0) is 32.7. The molecule has 0 saturated heterocycles. The van der Waals surface area contributed by atoms with Crippen molar-refractivity contribution in [3.63, 3.8) is 0 Å². The predicted octanol–water partition coefficient (Wildman–Crippen LogP) is 6.38. The van der Waals surface area contributed by atoms with Gasteiger partial charge in [-0.3, -0.25) is 15.1 Å². The van der Waals surface area contributed by atoms with E-state index in [4.69, 9.17) is 13.9 Å². The van der Waals surface area contributed by atoms with E-state index in [9.17, 15) is 28.0 Å². The Balaban J connectivity index is 1.54. The third-order valence-corrected chi connectivity index (χ3v) is 8.24. The standard InChI is InChI=1S/C34H23F3N3O5P/c1-17-13-20(16-39-32(17)46)23-14-19(9-12-25(23)43-2)27-24(15-38)31(40-30(41)18-7-10-21(11-8-18)34(35,36)37)45-29-22-5-3-4-6-26(22)44-33(42)28(27)29/h3-14,16,27H,46H2,1-2H3,(H,40,41). The van der Waals surface area contributed by atoms with E-state index in [-0.39, 0.29) is 33.9 Å². The van der Waals surface area contributed by atoms with Crippen LogP contribution in [0.15, 0.2) is 99.7 Å². The van der Waals surface area contributed by atoms with Gasteiger partial charge in [0.25, 0.3) is 5.91 Å². The number of hydrogen-bond acceptors (Lipinski definition) is 7. The van der Waals surface area contributed by atoms with E-state index in [0.29, 0.717) is 22.3 Å². The zero-order valence-corrected chi connectivity index (χ0v) is 25.4. The average molecular weight is 642 g/mol. The first kappa shape index (κ1) is 30.6. The third-order valence-electron chi connectivity index (χ3n) is 7.63. The van der Waals surface area contributed by atoms with Gasteiger partial charge in [-0.25, -0.2) is 4.79 Å². The number of carbonyl (C=O) groups is 1. The van der Waals surface area contributed by atoms with Crippen LogP contribution in [0.25, 0.3) is 22.1 Å². The monoisotopic (exact) mass is 641 g/mol. The summed E-state index contributed by atoms with van der Waals surface area (Å²) in [7, 11) is 4.08. The highest BCUT2D eigenvalue weighted by Crippen LogP contribution is 2.45. The number of para-hydroxylation sites is 1. The van der Waals surface area contributed by atoms with Crippen molar-refractivity contribution in [2.45, 2.75) is 19.0 Å². The second-order valence-corrected chi connectivity index (χ2v) is 11.0. The Labute approximate surface area is 262 Å². The van der Waals surface area contributed by atoms with Crippen molar-refractivity contribution < 1.29 is 31.9 Å². The van der Waals surface area contributed by atoms with E-state index >= 15 is 0 Å². The van der Waals surface area contributed by atoms with E-state index in [1.54, 1.807) is 48.7 Å². The molecule has 46 heavy (non-hydrogen) atoms. The lowest BCUT2D eigenvalue weighted by Gasteiger charge is -2.28. The highest BCUT2D eigenvalue weighted by molar-refractivity contribution is 7.27. The van der Waals surface area contributed by atoms with Crippen LogP contribution in [-0.2, 0) is 6.18 Å². The number of aryl methyl sites for hydroxylation is 1. The highest BCUT2D eigenvalue weighted by Gasteiger charge is 2.37. The molecular formula is C34H23F3N3O5P. The lowest BCUT2D eigenvalue weighted by atomic mass is 9.82. The number of ether oxygens (including phenoxy) is 2. The van der Waals surface area contributed by atoms with E-state index in [0.717, 1.165) is 40.8 Å². The molecule has 6 rings (SSSR count). The topological polar surface area (TPSA) is 114 Å². The summed E-state index contributed by atoms with van der Waals surface area (Å²) >= 11 is 0. The number of halogens is 3. The van der Waals surface area contributed by atoms with Crippen molar-refractivity contribution >= 4 is 31.6 Å². The van der Waals surface area contributed by atoms with E-state index in [2.05, 4.69) is 25.6 Å². The summed E-state index contributed by atoms with van der Waals surface area (Å²) in [6.45, 7) is 1.91. The Hall–Kier alpha value is -5.46. The number of aromatic nitrogens is 1. The van der Waals surface area contributed by atoms with Crippen molar-refractivity contribution in [2.75, 3.05) is 7.11 Å². The minimum atomic E-state index is -4.58. The number of fused-ring (bicyclic) bond motifs is 3. The summed E-state index contributed by atoms with van der Waals surface area (Å²) in [6, 6.07) is 19.4. The number of nitrogens with zero attached hydrogens (tertiary/aromatic N) is 2. The van der Waals surface area contributed by atoms with E-state index < -0.39 is 29.2 Å². The molecule has 2 aromatic heterocycles. The Kier molecular flexibility index (Phi) is 7.84. The van der Waals surface area contributed by atoms with Crippen molar-refractivity contribution in [1.29, 1.82) is 5.26 Å². The fraction of sp³-hybridized carbons (Fsp3) is 0.118. The van der Waals surface area contributed by atoms with Crippen LogP contribution in [0.5, 0.6) is 11.5 Å². The van der Waals surface area contributed by atoms with Crippen LogP contribution >= 0.6 is 9.24 Å². The number of nitrogens with one attached hydrogen (secondary N) is 1. The fourth-order valence-electron chi connectivity index (χ4n) is 5.32. The maximum atomic E-state index is 13.6. The molecule has 230 valence electrons. The van der Waals surface area contributed by atoms with Gasteiger partial charge in [0.2, 0.25) is 5.88 Å². The third kappa shape index (κ3) is 5.48. The van der Waals surface area contributed by atoms with Gasteiger partial charge in [0.15, 0.2) is 5.75 Å². The first-order valence-electron chi connectivity index (χ1n) is 13.8. The predicted molar refractivity (Wildman–Crippen MR) is 167 cm³/mol.